The zero-order chi connectivity index (χ0) is 16.1. The second-order valence-corrected chi connectivity index (χ2v) is 5.38. The maximum Gasteiger partial charge on any atom is 0.349 e. The Kier molecular flexibility index (Phi) is 4.72. The molecule has 2 aromatic heterocycles. The van der Waals surface area contributed by atoms with Gasteiger partial charge in [0, 0.05) is 25.8 Å². The fourth-order valence-electron chi connectivity index (χ4n) is 2.59. The predicted molar refractivity (Wildman–Crippen MR) is 81.9 cm³/mol. The van der Waals surface area contributed by atoms with E-state index in [4.69, 9.17) is 4.74 Å². The second-order valence-electron chi connectivity index (χ2n) is 5.38. The molecule has 0 N–H and O–H groups in total. The van der Waals surface area contributed by atoms with E-state index in [1.54, 1.807) is 6.20 Å². The van der Waals surface area contributed by atoms with Crippen LogP contribution in [0.2, 0.25) is 0 Å². The summed E-state index contributed by atoms with van der Waals surface area (Å²) in [5.41, 5.74) is 0.849. The molecule has 2 aromatic rings. The lowest BCUT2D eigenvalue weighted by Crippen LogP contribution is -2.38. The molecule has 0 amide bonds. The number of likely N-dealkylation sites (tertiary alicyclic amines) is 1. The summed E-state index contributed by atoms with van der Waals surface area (Å²) in [5, 5.41) is 10.9. The van der Waals surface area contributed by atoms with Gasteiger partial charge in [-0.3, -0.25) is 20.0 Å². The summed E-state index contributed by atoms with van der Waals surface area (Å²) in [6.45, 7) is 2.53. The van der Waals surface area contributed by atoms with Crippen molar-refractivity contribution in [2.75, 3.05) is 13.1 Å². The van der Waals surface area contributed by atoms with E-state index in [0.29, 0.717) is 0 Å². The van der Waals surface area contributed by atoms with Crippen LogP contribution < -0.4 is 4.74 Å². The molecule has 1 fully saturated rings. The monoisotopic (exact) mass is 315 g/mol. The maximum atomic E-state index is 10.9. The average Bonchev–Trinajstić information content (AvgIpc) is 2.58. The normalized spacial score (nSPS) is 16.2. The van der Waals surface area contributed by atoms with E-state index < -0.39 is 4.92 Å². The SMILES string of the molecule is O=[N+]([O-])c1cncnc1OC1CCN(Cc2ccccn2)CC1. The summed E-state index contributed by atoms with van der Waals surface area (Å²) in [4.78, 5) is 24.6. The third kappa shape index (κ3) is 3.98. The lowest BCUT2D eigenvalue weighted by Gasteiger charge is -2.31. The molecule has 0 unspecified atom stereocenters. The molecule has 0 aromatic carbocycles. The van der Waals surface area contributed by atoms with Crippen LogP contribution in [0.5, 0.6) is 5.88 Å². The largest absolute Gasteiger partial charge is 0.469 e. The van der Waals surface area contributed by atoms with Crippen LogP contribution in [-0.4, -0.2) is 44.0 Å². The summed E-state index contributed by atoms with van der Waals surface area (Å²) in [5.74, 6) is 0.0492. The van der Waals surface area contributed by atoms with Crippen molar-refractivity contribution in [1.29, 1.82) is 0 Å². The van der Waals surface area contributed by atoms with E-state index in [-0.39, 0.29) is 17.7 Å². The van der Waals surface area contributed by atoms with E-state index in [9.17, 15) is 10.1 Å². The first-order valence-corrected chi connectivity index (χ1v) is 7.45. The van der Waals surface area contributed by atoms with Gasteiger partial charge in [-0.05, 0) is 25.0 Å². The molecular weight excluding hydrogens is 298 g/mol. The second kappa shape index (κ2) is 7.10. The number of pyridine rings is 1. The van der Waals surface area contributed by atoms with Crippen LogP contribution in [0.25, 0.3) is 0 Å². The van der Waals surface area contributed by atoms with E-state index >= 15 is 0 Å². The van der Waals surface area contributed by atoms with Crippen molar-refractivity contribution >= 4 is 5.69 Å². The lowest BCUT2D eigenvalue weighted by molar-refractivity contribution is -0.386. The Morgan fingerprint density at radius 2 is 2.13 bits per heavy atom. The number of ether oxygens (including phenoxy) is 1. The number of hydrogen-bond donors (Lipinski definition) is 0. The minimum Gasteiger partial charge on any atom is -0.469 e. The molecular formula is C15H17N5O3. The van der Waals surface area contributed by atoms with Gasteiger partial charge < -0.3 is 4.74 Å². The Bertz CT molecular complexity index is 659. The molecule has 120 valence electrons. The average molecular weight is 315 g/mol. The summed E-state index contributed by atoms with van der Waals surface area (Å²) in [6, 6.07) is 5.89. The van der Waals surface area contributed by atoms with Crippen molar-refractivity contribution in [3.05, 3.63) is 52.7 Å². The van der Waals surface area contributed by atoms with Gasteiger partial charge >= 0.3 is 5.69 Å². The highest BCUT2D eigenvalue weighted by atomic mass is 16.6. The standard InChI is InChI=1S/C15H17N5O3/c21-20(22)14-9-16-11-18-15(14)23-13-4-7-19(8-5-13)10-12-3-1-2-6-17-12/h1-3,6,9,11,13H,4-5,7-8,10H2. The molecule has 0 radical (unpaired) electrons. The Morgan fingerprint density at radius 1 is 1.30 bits per heavy atom. The van der Waals surface area contributed by atoms with Crippen molar-refractivity contribution in [3.8, 4) is 5.88 Å². The quantitative estimate of drug-likeness (QED) is 0.613. The zero-order valence-electron chi connectivity index (χ0n) is 12.5. The first-order chi connectivity index (χ1) is 11.2. The van der Waals surface area contributed by atoms with Gasteiger partial charge in [-0.1, -0.05) is 6.07 Å². The Labute approximate surface area is 133 Å². The maximum absolute atomic E-state index is 10.9. The molecule has 23 heavy (non-hydrogen) atoms. The minimum atomic E-state index is -0.522. The molecule has 0 aliphatic carbocycles. The van der Waals surface area contributed by atoms with Gasteiger partial charge in [0.05, 0.1) is 10.6 Å². The van der Waals surface area contributed by atoms with Gasteiger partial charge in [0.25, 0.3) is 5.88 Å². The summed E-state index contributed by atoms with van der Waals surface area (Å²) in [6.07, 6.45) is 5.75. The molecule has 1 aliphatic heterocycles. The van der Waals surface area contributed by atoms with Crippen LogP contribution in [0.1, 0.15) is 18.5 Å². The predicted octanol–water partition coefficient (Wildman–Crippen LogP) is 1.82. The van der Waals surface area contributed by atoms with Crippen LogP contribution in [0, 0.1) is 10.1 Å². The smallest absolute Gasteiger partial charge is 0.349 e. The molecule has 8 heteroatoms. The first-order valence-electron chi connectivity index (χ1n) is 7.45. The highest BCUT2D eigenvalue weighted by Crippen LogP contribution is 2.25. The van der Waals surface area contributed by atoms with Gasteiger partial charge in [-0.15, -0.1) is 0 Å². The molecule has 1 saturated heterocycles. The van der Waals surface area contributed by atoms with Crippen molar-refractivity contribution in [2.24, 2.45) is 0 Å². The highest BCUT2D eigenvalue weighted by molar-refractivity contribution is 5.37. The first kappa shape index (κ1) is 15.3. The van der Waals surface area contributed by atoms with E-state index in [1.807, 2.05) is 18.2 Å². The van der Waals surface area contributed by atoms with Gasteiger partial charge in [-0.25, -0.2) is 4.98 Å². The lowest BCUT2D eigenvalue weighted by atomic mass is 10.1. The van der Waals surface area contributed by atoms with Gasteiger partial charge in [0.2, 0.25) is 0 Å². The summed E-state index contributed by atoms with van der Waals surface area (Å²) >= 11 is 0. The molecule has 0 spiro atoms. The van der Waals surface area contributed by atoms with E-state index in [1.165, 1.54) is 12.5 Å². The molecule has 8 nitrogen and oxygen atoms in total. The fourth-order valence-corrected chi connectivity index (χ4v) is 2.59. The fraction of sp³-hybridized carbons (Fsp3) is 0.400. The molecule has 0 atom stereocenters. The van der Waals surface area contributed by atoms with Crippen LogP contribution in [-0.2, 0) is 6.54 Å². The van der Waals surface area contributed by atoms with Crippen LogP contribution in [0.3, 0.4) is 0 Å². The number of piperidine rings is 1. The number of hydrogen-bond acceptors (Lipinski definition) is 7. The third-order valence-corrected chi connectivity index (χ3v) is 3.78. The van der Waals surface area contributed by atoms with Gasteiger partial charge in [0.15, 0.2) is 0 Å². The Hall–Kier alpha value is -2.61. The molecule has 1 aliphatic rings. The van der Waals surface area contributed by atoms with Crippen LogP contribution in [0.4, 0.5) is 5.69 Å². The third-order valence-electron chi connectivity index (χ3n) is 3.78. The number of aromatic nitrogens is 3. The number of nitro groups is 1. The Balaban J connectivity index is 1.54. The number of rotatable bonds is 5. The topological polar surface area (TPSA) is 94.3 Å². The zero-order valence-corrected chi connectivity index (χ0v) is 12.5. The van der Waals surface area contributed by atoms with Gasteiger partial charge in [0.1, 0.15) is 18.6 Å². The van der Waals surface area contributed by atoms with E-state index in [2.05, 4.69) is 19.9 Å². The Morgan fingerprint density at radius 3 is 2.83 bits per heavy atom. The highest BCUT2D eigenvalue weighted by Gasteiger charge is 2.25. The molecule has 0 saturated carbocycles. The van der Waals surface area contributed by atoms with Crippen LogP contribution >= 0.6 is 0 Å². The molecule has 3 heterocycles. The minimum absolute atomic E-state index is 0.0492. The van der Waals surface area contributed by atoms with Crippen LogP contribution in [0.15, 0.2) is 36.9 Å². The summed E-state index contributed by atoms with van der Waals surface area (Å²) in [7, 11) is 0. The number of nitrogens with zero attached hydrogens (tertiary/aromatic N) is 5. The van der Waals surface area contributed by atoms with Crippen molar-refractivity contribution in [2.45, 2.75) is 25.5 Å². The van der Waals surface area contributed by atoms with E-state index in [0.717, 1.165) is 38.2 Å². The summed E-state index contributed by atoms with van der Waals surface area (Å²) < 4.78 is 5.71. The van der Waals surface area contributed by atoms with Crippen molar-refractivity contribution < 1.29 is 9.66 Å². The van der Waals surface area contributed by atoms with Crippen molar-refractivity contribution in [1.82, 2.24) is 19.9 Å². The van der Waals surface area contributed by atoms with Gasteiger partial charge in [-0.2, -0.15) is 4.98 Å². The molecule has 0 bridgehead atoms. The van der Waals surface area contributed by atoms with Crippen molar-refractivity contribution in [3.63, 3.8) is 0 Å². The molecule has 3 rings (SSSR count).